The largest absolute Gasteiger partial charge is 0.469 e. The average molecular weight is 734 g/mol. The van der Waals surface area contributed by atoms with Gasteiger partial charge in [-0.05, 0) is 49.0 Å². The fourth-order valence-electron chi connectivity index (χ4n) is 5.56. The Morgan fingerprint density at radius 2 is 1.10 bits per heavy atom. The number of methoxy groups -OCH3 is 1. The van der Waals surface area contributed by atoms with Crippen LogP contribution in [0.4, 0.5) is 0 Å². The molecule has 0 aliphatic carbocycles. The quantitative estimate of drug-likeness (QED) is 0.0865. The summed E-state index contributed by atoms with van der Waals surface area (Å²) in [6.45, 7) is 16.2. The Morgan fingerprint density at radius 1 is 0.596 bits per heavy atom. The molecule has 0 radical (unpaired) electrons. The number of aliphatic hydroxyl groups is 2. The zero-order valence-electron chi connectivity index (χ0n) is 32.5. The van der Waals surface area contributed by atoms with Gasteiger partial charge >= 0.3 is 5.97 Å². The highest BCUT2D eigenvalue weighted by molar-refractivity contribution is 5.92. The van der Waals surface area contributed by atoms with Crippen molar-refractivity contribution in [2.75, 3.05) is 7.11 Å². The fraction of sp³-hybridized carbons (Fsp3) is 0.684. The van der Waals surface area contributed by atoms with Crippen LogP contribution in [-0.2, 0) is 39.9 Å². The van der Waals surface area contributed by atoms with Gasteiger partial charge in [0.05, 0.1) is 44.2 Å². The smallest absolute Gasteiger partial charge is 0.308 e. The summed E-state index contributed by atoms with van der Waals surface area (Å²) in [6.07, 6.45) is -2.61. The number of amides is 5. The van der Waals surface area contributed by atoms with Crippen LogP contribution in [0.15, 0.2) is 30.3 Å². The summed E-state index contributed by atoms with van der Waals surface area (Å²) >= 11 is 0. The number of hydrogen-bond acceptors (Lipinski definition) is 9. The van der Waals surface area contributed by atoms with Gasteiger partial charge in [-0.2, -0.15) is 0 Å². The second-order valence-corrected chi connectivity index (χ2v) is 15.1. The molecule has 0 fully saturated rings. The Hall–Kier alpha value is -4.04. The summed E-state index contributed by atoms with van der Waals surface area (Å²) in [5.41, 5.74) is 0.808. The molecule has 0 saturated heterocycles. The summed E-state index contributed by atoms with van der Waals surface area (Å²) in [5, 5.41) is 35.5. The number of carbonyl (C=O) groups is 6. The fourth-order valence-corrected chi connectivity index (χ4v) is 5.56. The standard InChI is InChI=1S/C38H63N5O9/c1-21(2)16-27(41-37(50)35(24(7)8)43-38(51)34(23(5)6)42-31(46)17-22(3)4)29(44)19-32(47)39-25(9)36(49)40-28(30(45)20-33(48)52-10)18-26-14-12-11-13-15-26/h11-15,21-25,27-30,34-35,44-45H,16-20H2,1-10H3,(H,39,47)(H,40,49)(H,41,50)(H,42,46)(H,43,51). The van der Waals surface area contributed by atoms with Crippen LogP contribution >= 0.6 is 0 Å². The van der Waals surface area contributed by atoms with Gasteiger partial charge in [0.2, 0.25) is 29.5 Å². The number of esters is 1. The van der Waals surface area contributed by atoms with Crippen molar-refractivity contribution in [3.63, 3.8) is 0 Å². The summed E-state index contributed by atoms with van der Waals surface area (Å²) in [4.78, 5) is 77.4. The van der Waals surface area contributed by atoms with E-state index in [-0.39, 0.29) is 48.8 Å². The number of benzene rings is 1. The Kier molecular flexibility index (Phi) is 20.2. The maximum absolute atomic E-state index is 13.6. The summed E-state index contributed by atoms with van der Waals surface area (Å²) < 4.78 is 4.66. The first-order valence-corrected chi connectivity index (χ1v) is 18.2. The van der Waals surface area contributed by atoms with Crippen molar-refractivity contribution in [2.45, 2.75) is 137 Å². The van der Waals surface area contributed by atoms with Gasteiger partial charge in [-0.15, -0.1) is 0 Å². The second-order valence-electron chi connectivity index (χ2n) is 15.1. The maximum Gasteiger partial charge on any atom is 0.308 e. The molecule has 0 aliphatic heterocycles. The van der Waals surface area contributed by atoms with Crippen molar-refractivity contribution in [1.29, 1.82) is 0 Å². The van der Waals surface area contributed by atoms with E-state index in [0.717, 1.165) is 5.56 Å². The molecule has 7 atom stereocenters. The molecule has 1 aromatic carbocycles. The molecule has 52 heavy (non-hydrogen) atoms. The van der Waals surface area contributed by atoms with E-state index in [1.165, 1.54) is 14.0 Å². The molecule has 0 heterocycles. The lowest BCUT2D eigenvalue weighted by molar-refractivity contribution is -0.143. The minimum Gasteiger partial charge on any atom is -0.469 e. The SMILES string of the molecule is COC(=O)CC(O)C(Cc1ccccc1)NC(=O)C(C)NC(=O)CC(O)C(CC(C)C)NC(=O)C(NC(=O)C(NC(=O)CC(C)C)C(C)C)C(C)C. The number of carbonyl (C=O) groups excluding carboxylic acids is 6. The minimum atomic E-state index is -1.34. The zero-order chi connectivity index (χ0) is 39.7. The van der Waals surface area contributed by atoms with Crippen molar-refractivity contribution in [2.24, 2.45) is 23.7 Å². The highest BCUT2D eigenvalue weighted by Gasteiger charge is 2.34. The molecule has 294 valence electrons. The number of rotatable bonds is 22. The summed E-state index contributed by atoms with van der Waals surface area (Å²) in [7, 11) is 1.20. The number of ether oxygens (including phenoxy) is 1. The molecule has 14 nitrogen and oxygen atoms in total. The molecular weight excluding hydrogens is 670 g/mol. The molecule has 0 saturated carbocycles. The van der Waals surface area contributed by atoms with E-state index in [1.54, 1.807) is 27.7 Å². The van der Waals surface area contributed by atoms with Crippen LogP contribution in [0.2, 0.25) is 0 Å². The van der Waals surface area contributed by atoms with E-state index in [0.29, 0.717) is 6.42 Å². The molecule has 5 amide bonds. The molecule has 1 aromatic rings. The van der Waals surface area contributed by atoms with Gasteiger partial charge in [0.1, 0.15) is 18.1 Å². The lowest BCUT2D eigenvalue weighted by atomic mass is 9.95. The number of hydrogen-bond donors (Lipinski definition) is 7. The van der Waals surface area contributed by atoms with Crippen LogP contribution < -0.4 is 26.6 Å². The predicted molar refractivity (Wildman–Crippen MR) is 197 cm³/mol. The lowest BCUT2D eigenvalue weighted by Crippen LogP contribution is -2.59. The van der Waals surface area contributed by atoms with Crippen molar-refractivity contribution >= 4 is 35.5 Å². The van der Waals surface area contributed by atoms with E-state index in [2.05, 4.69) is 31.3 Å². The molecule has 0 aromatic heterocycles. The third-order valence-corrected chi connectivity index (χ3v) is 8.48. The van der Waals surface area contributed by atoms with Crippen molar-refractivity contribution < 1.29 is 43.7 Å². The molecule has 7 N–H and O–H groups in total. The first-order chi connectivity index (χ1) is 24.2. The van der Waals surface area contributed by atoms with Gasteiger partial charge in [-0.1, -0.05) is 85.7 Å². The monoisotopic (exact) mass is 733 g/mol. The van der Waals surface area contributed by atoms with E-state index < -0.39 is 78.4 Å². The molecule has 0 bridgehead atoms. The molecular formula is C38H63N5O9. The molecule has 1 rings (SSSR count). The van der Waals surface area contributed by atoms with E-state index in [1.807, 2.05) is 58.0 Å². The Bertz CT molecular complexity index is 1300. The number of aliphatic hydroxyl groups excluding tert-OH is 2. The van der Waals surface area contributed by atoms with Crippen molar-refractivity contribution in [1.82, 2.24) is 26.6 Å². The lowest BCUT2D eigenvalue weighted by Gasteiger charge is -2.31. The molecule has 0 spiro atoms. The molecule has 7 unspecified atom stereocenters. The van der Waals surface area contributed by atoms with E-state index in [9.17, 15) is 39.0 Å². The van der Waals surface area contributed by atoms with Gasteiger partial charge in [-0.3, -0.25) is 28.8 Å². The van der Waals surface area contributed by atoms with Gasteiger partial charge < -0.3 is 41.5 Å². The Balaban J connectivity index is 2.99. The topological polar surface area (TPSA) is 212 Å². The third kappa shape index (κ3) is 17.0. The Labute approximate surface area is 309 Å². The zero-order valence-corrected chi connectivity index (χ0v) is 32.5. The summed E-state index contributed by atoms with van der Waals surface area (Å²) in [6, 6.07) is 4.42. The first-order valence-electron chi connectivity index (χ1n) is 18.2. The van der Waals surface area contributed by atoms with Crippen LogP contribution in [0.1, 0.15) is 93.6 Å². The predicted octanol–water partition coefficient (Wildman–Crippen LogP) is 1.75. The summed E-state index contributed by atoms with van der Waals surface area (Å²) in [5.74, 6) is -3.71. The van der Waals surface area contributed by atoms with Crippen LogP contribution in [-0.4, -0.2) is 95.2 Å². The van der Waals surface area contributed by atoms with Crippen molar-refractivity contribution in [3.05, 3.63) is 35.9 Å². The highest BCUT2D eigenvalue weighted by atomic mass is 16.5. The van der Waals surface area contributed by atoms with E-state index in [4.69, 9.17) is 0 Å². The van der Waals surface area contributed by atoms with Crippen molar-refractivity contribution in [3.8, 4) is 0 Å². The second kappa shape index (κ2) is 22.8. The van der Waals surface area contributed by atoms with Gasteiger partial charge in [0.25, 0.3) is 0 Å². The first kappa shape index (κ1) is 46.0. The van der Waals surface area contributed by atoms with Crippen LogP contribution in [0, 0.1) is 23.7 Å². The normalized spacial score (nSPS) is 15.5. The number of nitrogens with one attached hydrogen (secondary N) is 5. The van der Waals surface area contributed by atoms with Gasteiger partial charge in [0, 0.05) is 6.42 Å². The highest BCUT2D eigenvalue weighted by Crippen LogP contribution is 2.15. The van der Waals surface area contributed by atoms with Crippen LogP contribution in [0.25, 0.3) is 0 Å². The van der Waals surface area contributed by atoms with E-state index >= 15 is 0 Å². The van der Waals surface area contributed by atoms with Crippen LogP contribution in [0.3, 0.4) is 0 Å². The minimum absolute atomic E-state index is 0.0132. The average Bonchev–Trinajstić information content (AvgIpc) is 3.04. The molecule has 0 aliphatic rings. The Morgan fingerprint density at radius 3 is 1.62 bits per heavy atom. The molecule has 14 heteroatoms. The maximum atomic E-state index is 13.6. The third-order valence-electron chi connectivity index (χ3n) is 8.48. The van der Waals surface area contributed by atoms with Crippen LogP contribution in [0.5, 0.6) is 0 Å². The van der Waals surface area contributed by atoms with Gasteiger partial charge in [0.15, 0.2) is 0 Å². The van der Waals surface area contributed by atoms with Gasteiger partial charge in [-0.25, -0.2) is 0 Å².